The van der Waals surface area contributed by atoms with Gasteiger partial charge in [0.1, 0.15) is 11.9 Å². The smallest absolute Gasteiger partial charge is 0.326 e. The second-order valence-corrected chi connectivity index (χ2v) is 4.91. The van der Waals surface area contributed by atoms with Gasteiger partial charge in [-0.3, -0.25) is 9.59 Å². The van der Waals surface area contributed by atoms with Crippen LogP contribution in [0.3, 0.4) is 0 Å². The van der Waals surface area contributed by atoms with E-state index >= 15 is 0 Å². The number of carbonyl (C=O) groups is 3. The summed E-state index contributed by atoms with van der Waals surface area (Å²) in [7, 11) is 0. The van der Waals surface area contributed by atoms with Crippen molar-refractivity contribution in [2.75, 3.05) is 0 Å². The van der Waals surface area contributed by atoms with Gasteiger partial charge in [0, 0.05) is 10.9 Å². The van der Waals surface area contributed by atoms with E-state index in [1.54, 1.807) is 0 Å². The van der Waals surface area contributed by atoms with Crippen LogP contribution in [0.25, 0.3) is 0 Å². The molecule has 0 radical (unpaired) electrons. The molecule has 0 heterocycles. The molecule has 8 heteroatoms. The van der Waals surface area contributed by atoms with E-state index in [-0.39, 0.29) is 18.4 Å². The van der Waals surface area contributed by atoms with Crippen molar-refractivity contribution >= 4 is 33.7 Å². The summed E-state index contributed by atoms with van der Waals surface area (Å²) in [6, 6.07) is 2.46. The van der Waals surface area contributed by atoms with Gasteiger partial charge in [-0.25, -0.2) is 9.18 Å². The Labute approximate surface area is 122 Å². The number of rotatable bonds is 6. The highest BCUT2D eigenvalue weighted by Crippen LogP contribution is 2.15. The predicted molar refractivity (Wildman–Crippen MR) is 71.4 cm³/mol. The van der Waals surface area contributed by atoms with E-state index in [1.807, 2.05) is 0 Å². The molecular formula is C12H12BrFN2O4. The summed E-state index contributed by atoms with van der Waals surface area (Å²) in [6.07, 6.45) is -0.353. The van der Waals surface area contributed by atoms with Crippen molar-refractivity contribution in [3.05, 3.63) is 34.1 Å². The Hall–Kier alpha value is -1.96. The number of benzene rings is 1. The lowest BCUT2D eigenvalue weighted by Gasteiger charge is -2.14. The van der Waals surface area contributed by atoms with E-state index < -0.39 is 29.6 Å². The molecule has 0 aliphatic carbocycles. The predicted octanol–water partition coefficient (Wildman–Crippen LogP) is 1.04. The van der Waals surface area contributed by atoms with Gasteiger partial charge in [-0.05, 0) is 24.6 Å². The fourth-order valence-electron chi connectivity index (χ4n) is 1.45. The summed E-state index contributed by atoms with van der Waals surface area (Å²) < 4.78 is 14.0. The molecule has 0 saturated carbocycles. The molecule has 20 heavy (non-hydrogen) atoms. The van der Waals surface area contributed by atoms with Crippen LogP contribution in [0, 0.1) is 5.82 Å². The Bertz CT molecular complexity index is 550. The number of aliphatic carboxylic acids is 1. The van der Waals surface area contributed by atoms with Crippen LogP contribution < -0.4 is 11.1 Å². The van der Waals surface area contributed by atoms with Crippen LogP contribution in [0.1, 0.15) is 23.2 Å². The Morgan fingerprint density at radius 3 is 2.55 bits per heavy atom. The van der Waals surface area contributed by atoms with Gasteiger partial charge in [0.05, 0.1) is 5.56 Å². The molecular weight excluding hydrogens is 335 g/mol. The van der Waals surface area contributed by atoms with Gasteiger partial charge in [-0.1, -0.05) is 15.9 Å². The number of nitrogens with one attached hydrogen (secondary N) is 1. The maximum absolute atomic E-state index is 13.6. The van der Waals surface area contributed by atoms with Crippen LogP contribution in [-0.2, 0) is 9.59 Å². The molecule has 6 nitrogen and oxygen atoms in total. The topological polar surface area (TPSA) is 109 Å². The van der Waals surface area contributed by atoms with Crippen molar-refractivity contribution in [2.45, 2.75) is 18.9 Å². The lowest BCUT2D eigenvalue weighted by Crippen LogP contribution is -2.41. The number of hydrogen-bond acceptors (Lipinski definition) is 3. The van der Waals surface area contributed by atoms with Crippen LogP contribution >= 0.6 is 15.9 Å². The number of primary amides is 1. The minimum atomic E-state index is -1.32. The molecule has 2 amide bonds. The van der Waals surface area contributed by atoms with E-state index in [9.17, 15) is 18.8 Å². The van der Waals surface area contributed by atoms with Gasteiger partial charge >= 0.3 is 5.97 Å². The SMILES string of the molecule is NC(=O)CC[C@@H](NC(=O)c1ccc(Br)cc1F)C(=O)O. The number of carboxylic acids is 1. The van der Waals surface area contributed by atoms with Gasteiger partial charge in [0.15, 0.2) is 0 Å². The number of amides is 2. The molecule has 0 bridgehead atoms. The Kier molecular flexibility index (Phi) is 5.63. The fourth-order valence-corrected chi connectivity index (χ4v) is 1.79. The van der Waals surface area contributed by atoms with Gasteiger partial charge < -0.3 is 16.2 Å². The highest BCUT2D eigenvalue weighted by atomic mass is 79.9. The maximum Gasteiger partial charge on any atom is 0.326 e. The first kappa shape index (κ1) is 16.1. The minimum absolute atomic E-state index is 0.158. The highest BCUT2D eigenvalue weighted by Gasteiger charge is 2.22. The molecule has 0 spiro atoms. The van der Waals surface area contributed by atoms with E-state index in [0.717, 1.165) is 6.07 Å². The monoisotopic (exact) mass is 346 g/mol. The first-order chi connectivity index (χ1) is 9.31. The fraction of sp³-hybridized carbons (Fsp3) is 0.250. The molecule has 1 atom stereocenters. The molecule has 1 aromatic rings. The standard InChI is InChI=1S/C12H12BrFN2O4/c13-6-1-2-7(8(14)5-6)11(18)16-9(12(19)20)3-4-10(15)17/h1-2,5,9H,3-4H2,(H2,15,17)(H,16,18)(H,19,20)/t9-/m1/s1. The van der Waals surface area contributed by atoms with E-state index in [0.29, 0.717) is 4.47 Å². The Morgan fingerprint density at radius 1 is 1.40 bits per heavy atom. The number of carboxylic acid groups (broad SMARTS) is 1. The largest absolute Gasteiger partial charge is 0.480 e. The summed E-state index contributed by atoms with van der Waals surface area (Å²) in [6.45, 7) is 0. The van der Waals surface area contributed by atoms with Crippen molar-refractivity contribution in [3.63, 3.8) is 0 Å². The third-order valence-electron chi connectivity index (χ3n) is 2.46. The molecule has 0 aromatic heterocycles. The van der Waals surface area contributed by atoms with Gasteiger partial charge in [0.2, 0.25) is 5.91 Å². The second kappa shape index (κ2) is 6.99. The molecule has 0 unspecified atom stereocenters. The average molecular weight is 347 g/mol. The van der Waals surface area contributed by atoms with Gasteiger partial charge in [-0.2, -0.15) is 0 Å². The average Bonchev–Trinajstić information content (AvgIpc) is 2.33. The molecule has 1 aromatic carbocycles. The first-order valence-corrected chi connectivity index (χ1v) is 6.37. The summed E-state index contributed by atoms with van der Waals surface area (Å²) in [5, 5.41) is 11.1. The van der Waals surface area contributed by atoms with E-state index in [4.69, 9.17) is 10.8 Å². The zero-order valence-corrected chi connectivity index (χ0v) is 11.8. The Balaban J connectivity index is 2.80. The van der Waals surface area contributed by atoms with E-state index in [1.165, 1.54) is 12.1 Å². The number of nitrogens with two attached hydrogens (primary N) is 1. The van der Waals surface area contributed by atoms with Crippen LogP contribution in [0.2, 0.25) is 0 Å². The zero-order valence-electron chi connectivity index (χ0n) is 10.2. The molecule has 4 N–H and O–H groups in total. The second-order valence-electron chi connectivity index (χ2n) is 3.99. The first-order valence-electron chi connectivity index (χ1n) is 5.58. The number of hydrogen-bond donors (Lipinski definition) is 3. The van der Waals surface area contributed by atoms with Crippen molar-refractivity contribution in [1.82, 2.24) is 5.32 Å². The molecule has 0 saturated heterocycles. The third-order valence-corrected chi connectivity index (χ3v) is 2.95. The third kappa shape index (κ3) is 4.61. The normalized spacial score (nSPS) is 11.7. The van der Waals surface area contributed by atoms with Crippen LogP contribution in [0.5, 0.6) is 0 Å². The van der Waals surface area contributed by atoms with Crippen molar-refractivity contribution in [3.8, 4) is 0 Å². The van der Waals surface area contributed by atoms with Crippen LogP contribution in [-0.4, -0.2) is 28.9 Å². The lowest BCUT2D eigenvalue weighted by atomic mass is 10.1. The zero-order chi connectivity index (χ0) is 15.3. The van der Waals surface area contributed by atoms with Crippen LogP contribution in [0.15, 0.2) is 22.7 Å². The molecule has 0 aliphatic rings. The molecule has 0 aliphatic heterocycles. The number of halogens is 2. The Morgan fingerprint density at radius 2 is 2.05 bits per heavy atom. The van der Waals surface area contributed by atoms with Crippen molar-refractivity contribution in [2.24, 2.45) is 5.73 Å². The van der Waals surface area contributed by atoms with Gasteiger partial charge in [-0.15, -0.1) is 0 Å². The summed E-state index contributed by atoms with van der Waals surface area (Å²) in [4.78, 5) is 33.4. The molecule has 1 rings (SSSR count). The molecule has 108 valence electrons. The van der Waals surface area contributed by atoms with Crippen molar-refractivity contribution < 1.29 is 23.9 Å². The quantitative estimate of drug-likeness (QED) is 0.714. The summed E-state index contributed by atoms with van der Waals surface area (Å²) >= 11 is 3.04. The maximum atomic E-state index is 13.6. The highest BCUT2D eigenvalue weighted by molar-refractivity contribution is 9.10. The lowest BCUT2D eigenvalue weighted by molar-refractivity contribution is -0.139. The van der Waals surface area contributed by atoms with Crippen molar-refractivity contribution in [1.29, 1.82) is 0 Å². The van der Waals surface area contributed by atoms with E-state index in [2.05, 4.69) is 21.2 Å². The summed E-state index contributed by atoms with van der Waals surface area (Å²) in [5.41, 5.74) is 4.63. The number of carbonyl (C=O) groups excluding carboxylic acids is 2. The van der Waals surface area contributed by atoms with Crippen LogP contribution in [0.4, 0.5) is 4.39 Å². The van der Waals surface area contributed by atoms with Gasteiger partial charge in [0.25, 0.3) is 5.91 Å². The minimum Gasteiger partial charge on any atom is -0.480 e. The molecule has 0 fully saturated rings. The summed E-state index contributed by atoms with van der Waals surface area (Å²) in [5.74, 6) is -3.65.